The topological polar surface area (TPSA) is 75.9 Å². The molecule has 1 aliphatic heterocycles. The van der Waals surface area contributed by atoms with Crippen molar-refractivity contribution in [1.29, 1.82) is 0 Å². The van der Waals surface area contributed by atoms with E-state index in [-0.39, 0.29) is 46.9 Å². The average Bonchev–Trinajstić information content (AvgIpc) is 2.71. The zero-order chi connectivity index (χ0) is 21.8. The minimum absolute atomic E-state index is 0.0124. The Kier molecular flexibility index (Phi) is 6.89. The molecule has 7 nitrogen and oxygen atoms in total. The molecule has 2 aromatic rings. The summed E-state index contributed by atoms with van der Waals surface area (Å²) in [6, 6.07) is 10.6. The number of nitro benzene ring substituents is 1. The van der Waals surface area contributed by atoms with Crippen molar-refractivity contribution in [1.82, 2.24) is 9.80 Å². The first-order chi connectivity index (χ1) is 14.2. The largest absolute Gasteiger partial charge is 0.484 e. The molecule has 9 heteroatoms. The standard InChI is InChI=1S/C21H23ClFN3O4/c1-14-11-25(15(2)10-24(14)12-16-3-5-17(23)6-4-16)21(27)13-30-18-7-8-19(22)20(9-18)26(28)29/h3-9,14-15H,10-13H2,1-2H3/t14-,15+/m1/s1. The maximum absolute atomic E-state index is 13.1. The van der Waals surface area contributed by atoms with Gasteiger partial charge in [-0.05, 0) is 43.7 Å². The van der Waals surface area contributed by atoms with Gasteiger partial charge in [0.25, 0.3) is 11.6 Å². The number of nitrogens with zero attached hydrogens (tertiary/aromatic N) is 3. The monoisotopic (exact) mass is 435 g/mol. The summed E-state index contributed by atoms with van der Waals surface area (Å²) in [5, 5.41) is 11.0. The predicted molar refractivity (Wildman–Crippen MR) is 111 cm³/mol. The molecular weight excluding hydrogens is 413 g/mol. The first-order valence-electron chi connectivity index (χ1n) is 9.59. The van der Waals surface area contributed by atoms with E-state index in [4.69, 9.17) is 16.3 Å². The van der Waals surface area contributed by atoms with Crippen LogP contribution >= 0.6 is 11.6 Å². The van der Waals surface area contributed by atoms with E-state index in [9.17, 15) is 19.3 Å². The van der Waals surface area contributed by atoms with Crippen LogP contribution in [0.4, 0.5) is 10.1 Å². The van der Waals surface area contributed by atoms with Crippen molar-refractivity contribution in [3.05, 3.63) is 69.0 Å². The lowest BCUT2D eigenvalue weighted by atomic mass is 10.1. The van der Waals surface area contributed by atoms with Gasteiger partial charge >= 0.3 is 0 Å². The van der Waals surface area contributed by atoms with Crippen LogP contribution in [0.2, 0.25) is 5.02 Å². The van der Waals surface area contributed by atoms with E-state index in [2.05, 4.69) is 4.90 Å². The van der Waals surface area contributed by atoms with Crippen LogP contribution in [0, 0.1) is 15.9 Å². The van der Waals surface area contributed by atoms with Crippen molar-refractivity contribution < 1.29 is 18.8 Å². The molecule has 2 atom stereocenters. The van der Waals surface area contributed by atoms with Gasteiger partial charge in [-0.15, -0.1) is 0 Å². The quantitative estimate of drug-likeness (QED) is 0.508. The second-order valence-corrected chi connectivity index (χ2v) is 7.87. The van der Waals surface area contributed by atoms with E-state index in [0.717, 1.165) is 5.56 Å². The second-order valence-electron chi connectivity index (χ2n) is 7.46. The lowest BCUT2D eigenvalue weighted by Crippen LogP contribution is -2.58. The fraction of sp³-hybridized carbons (Fsp3) is 0.381. The van der Waals surface area contributed by atoms with Crippen LogP contribution < -0.4 is 4.74 Å². The van der Waals surface area contributed by atoms with Gasteiger partial charge in [0.2, 0.25) is 0 Å². The van der Waals surface area contributed by atoms with Crippen LogP contribution in [0.25, 0.3) is 0 Å². The number of carbonyl (C=O) groups excluding carboxylic acids is 1. The summed E-state index contributed by atoms with van der Waals surface area (Å²) >= 11 is 5.79. The van der Waals surface area contributed by atoms with Crippen LogP contribution in [-0.4, -0.2) is 52.4 Å². The van der Waals surface area contributed by atoms with Gasteiger partial charge in [0.1, 0.15) is 16.6 Å². The summed E-state index contributed by atoms with van der Waals surface area (Å²) < 4.78 is 18.6. The minimum Gasteiger partial charge on any atom is -0.484 e. The maximum atomic E-state index is 13.1. The molecule has 0 aliphatic carbocycles. The fourth-order valence-corrected chi connectivity index (χ4v) is 3.73. The van der Waals surface area contributed by atoms with E-state index >= 15 is 0 Å². The molecule has 0 saturated carbocycles. The number of amides is 1. The lowest BCUT2D eigenvalue weighted by molar-refractivity contribution is -0.384. The van der Waals surface area contributed by atoms with Crippen molar-refractivity contribution in [3.63, 3.8) is 0 Å². The number of halogens is 2. The molecule has 30 heavy (non-hydrogen) atoms. The molecule has 1 aliphatic rings. The van der Waals surface area contributed by atoms with Crippen LogP contribution in [0.3, 0.4) is 0 Å². The van der Waals surface area contributed by atoms with Gasteiger partial charge < -0.3 is 9.64 Å². The highest BCUT2D eigenvalue weighted by Gasteiger charge is 2.32. The number of hydrogen-bond acceptors (Lipinski definition) is 5. The van der Waals surface area contributed by atoms with Crippen molar-refractivity contribution in [2.45, 2.75) is 32.5 Å². The van der Waals surface area contributed by atoms with Crippen LogP contribution in [0.15, 0.2) is 42.5 Å². The van der Waals surface area contributed by atoms with Crippen molar-refractivity contribution in [2.75, 3.05) is 19.7 Å². The molecule has 160 valence electrons. The van der Waals surface area contributed by atoms with Gasteiger partial charge in [-0.1, -0.05) is 23.7 Å². The summed E-state index contributed by atoms with van der Waals surface area (Å²) in [5.74, 6) is -0.231. The fourth-order valence-electron chi connectivity index (χ4n) is 3.54. The van der Waals surface area contributed by atoms with Crippen LogP contribution in [-0.2, 0) is 11.3 Å². The lowest BCUT2D eigenvalue weighted by Gasteiger charge is -2.44. The van der Waals surface area contributed by atoms with E-state index in [0.29, 0.717) is 19.6 Å². The van der Waals surface area contributed by atoms with Gasteiger partial charge in [0, 0.05) is 31.7 Å². The third kappa shape index (κ3) is 5.25. The van der Waals surface area contributed by atoms with Crippen molar-refractivity contribution >= 4 is 23.2 Å². The smallest absolute Gasteiger partial charge is 0.291 e. The predicted octanol–water partition coefficient (Wildman–Crippen LogP) is 3.89. The summed E-state index contributed by atoms with van der Waals surface area (Å²) in [6.45, 7) is 5.68. The summed E-state index contributed by atoms with van der Waals surface area (Å²) in [5.41, 5.74) is 0.751. The molecular formula is C21H23ClFN3O4. The summed E-state index contributed by atoms with van der Waals surface area (Å²) in [7, 11) is 0. The number of benzene rings is 2. The zero-order valence-corrected chi connectivity index (χ0v) is 17.5. The van der Waals surface area contributed by atoms with Crippen molar-refractivity contribution in [2.24, 2.45) is 0 Å². The van der Waals surface area contributed by atoms with Crippen LogP contribution in [0.5, 0.6) is 5.75 Å². The Hall–Kier alpha value is -2.71. The van der Waals surface area contributed by atoms with Gasteiger partial charge in [-0.2, -0.15) is 0 Å². The Morgan fingerprint density at radius 3 is 2.57 bits per heavy atom. The third-order valence-electron chi connectivity index (χ3n) is 5.21. The minimum atomic E-state index is -0.596. The van der Waals surface area contributed by atoms with E-state index in [1.54, 1.807) is 17.0 Å². The number of rotatable bonds is 6. The van der Waals surface area contributed by atoms with E-state index in [1.165, 1.54) is 30.3 Å². The number of nitro groups is 1. The Bertz CT molecular complexity index is 925. The zero-order valence-electron chi connectivity index (χ0n) is 16.8. The molecule has 0 N–H and O–H groups in total. The second kappa shape index (κ2) is 9.40. The maximum Gasteiger partial charge on any atom is 0.291 e. The van der Waals surface area contributed by atoms with E-state index < -0.39 is 4.92 Å². The normalized spacial score (nSPS) is 19.5. The highest BCUT2D eigenvalue weighted by atomic mass is 35.5. The summed E-state index contributed by atoms with van der Waals surface area (Å²) in [6.07, 6.45) is 0. The Morgan fingerprint density at radius 2 is 1.90 bits per heavy atom. The molecule has 0 bridgehead atoms. The van der Waals surface area contributed by atoms with Crippen LogP contribution in [0.1, 0.15) is 19.4 Å². The van der Waals surface area contributed by atoms with Crippen molar-refractivity contribution in [3.8, 4) is 5.75 Å². The molecule has 2 aromatic carbocycles. The number of carbonyl (C=O) groups is 1. The molecule has 0 aromatic heterocycles. The Labute approximate surface area is 179 Å². The Morgan fingerprint density at radius 1 is 1.20 bits per heavy atom. The number of piperazine rings is 1. The number of hydrogen-bond donors (Lipinski definition) is 0. The first-order valence-corrected chi connectivity index (χ1v) is 9.97. The van der Waals surface area contributed by atoms with Gasteiger partial charge in [-0.3, -0.25) is 19.8 Å². The number of ether oxygens (including phenoxy) is 1. The van der Waals surface area contributed by atoms with Gasteiger partial charge in [-0.25, -0.2) is 4.39 Å². The average molecular weight is 436 g/mol. The molecule has 0 unspecified atom stereocenters. The highest BCUT2D eigenvalue weighted by Crippen LogP contribution is 2.28. The van der Waals surface area contributed by atoms with Gasteiger partial charge in [0.15, 0.2) is 6.61 Å². The highest BCUT2D eigenvalue weighted by molar-refractivity contribution is 6.32. The molecule has 0 radical (unpaired) electrons. The molecule has 0 spiro atoms. The third-order valence-corrected chi connectivity index (χ3v) is 5.53. The molecule has 1 saturated heterocycles. The summed E-state index contributed by atoms with van der Waals surface area (Å²) in [4.78, 5) is 27.1. The molecule has 1 heterocycles. The van der Waals surface area contributed by atoms with E-state index in [1.807, 2.05) is 13.8 Å². The van der Waals surface area contributed by atoms with Gasteiger partial charge in [0.05, 0.1) is 11.0 Å². The Balaban J connectivity index is 1.58. The first kappa shape index (κ1) is 22.0. The molecule has 3 rings (SSSR count). The molecule has 1 fully saturated rings. The molecule has 1 amide bonds. The SMILES string of the molecule is C[C@@H]1CN(C(=O)COc2ccc(Cl)c([N+](=O)[O-])c2)[C@@H](C)CN1Cc1ccc(F)cc1.